The summed E-state index contributed by atoms with van der Waals surface area (Å²) in [5.74, 6) is -0.192. The van der Waals surface area contributed by atoms with Crippen LogP contribution in [0, 0.1) is 5.92 Å². The zero-order chi connectivity index (χ0) is 14.2. The first-order chi connectivity index (χ1) is 8.32. The van der Waals surface area contributed by atoms with Crippen LogP contribution in [0.2, 0.25) is 0 Å². The van der Waals surface area contributed by atoms with Crippen molar-refractivity contribution < 1.29 is 14.6 Å². The molecule has 0 bridgehead atoms. The lowest BCUT2D eigenvalue weighted by Crippen LogP contribution is -2.19. The predicted octanol–water partition coefficient (Wildman–Crippen LogP) is 3.24. The average molecular weight is 254 g/mol. The molecule has 18 heavy (non-hydrogen) atoms. The third-order valence-corrected chi connectivity index (χ3v) is 3.04. The van der Waals surface area contributed by atoms with Crippen molar-refractivity contribution in [2.45, 2.75) is 52.6 Å². The molecule has 0 aromatic rings. The highest BCUT2D eigenvalue weighted by Gasteiger charge is 2.14. The van der Waals surface area contributed by atoms with Crippen LogP contribution in [-0.4, -0.2) is 23.3 Å². The number of hydrogen-bond donors (Lipinski definition) is 1. The van der Waals surface area contributed by atoms with Crippen LogP contribution in [0.15, 0.2) is 24.3 Å². The number of hydrogen-bond acceptors (Lipinski definition) is 3. The first-order valence-corrected chi connectivity index (χ1v) is 6.50. The summed E-state index contributed by atoms with van der Waals surface area (Å²) in [7, 11) is 0. The van der Waals surface area contributed by atoms with Gasteiger partial charge < -0.3 is 9.84 Å². The van der Waals surface area contributed by atoms with E-state index < -0.39 is 5.60 Å². The summed E-state index contributed by atoms with van der Waals surface area (Å²) in [6, 6.07) is 0. The molecule has 0 unspecified atom stereocenters. The number of carbonyl (C=O) groups excluding carboxylic acids is 1. The molecule has 0 aliphatic rings. The first kappa shape index (κ1) is 16.9. The van der Waals surface area contributed by atoms with E-state index in [1.54, 1.807) is 13.0 Å². The van der Waals surface area contributed by atoms with Crippen LogP contribution in [-0.2, 0) is 9.53 Å². The molecule has 0 saturated heterocycles. The van der Waals surface area contributed by atoms with Crippen LogP contribution in [0.1, 0.15) is 47.0 Å². The second-order valence-corrected chi connectivity index (χ2v) is 5.07. The van der Waals surface area contributed by atoms with Gasteiger partial charge in [0.2, 0.25) is 0 Å². The molecule has 0 radical (unpaired) electrons. The van der Waals surface area contributed by atoms with E-state index in [2.05, 4.69) is 6.58 Å². The molecule has 0 amide bonds. The maximum Gasteiger partial charge on any atom is 0.308 e. The van der Waals surface area contributed by atoms with Gasteiger partial charge in [-0.3, -0.25) is 4.79 Å². The predicted molar refractivity (Wildman–Crippen MR) is 74.2 cm³/mol. The number of esters is 1. The van der Waals surface area contributed by atoms with Gasteiger partial charge in [0.1, 0.15) is 6.61 Å². The highest BCUT2D eigenvalue weighted by molar-refractivity contribution is 5.72. The van der Waals surface area contributed by atoms with E-state index in [1.807, 2.05) is 26.8 Å². The second-order valence-electron chi connectivity index (χ2n) is 5.07. The molecule has 0 rings (SSSR count). The van der Waals surface area contributed by atoms with E-state index >= 15 is 0 Å². The van der Waals surface area contributed by atoms with Crippen LogP contribution in [0.3, 0.4) is 0 Å². The molecular weight excluding hydrogens is 228 g/mol. The monoisotopic (exact) mass is 254 g/mol. The molecule has 0 spiro atoms. The van der Waals surface area contributed by atoms with Crippen LogP contribution < -0.4 is 0 Å². The minimum atomic E-state index is -0.829. The van der Waals surface area contributed by atoms with Gasteiger partial charge in [-0.25, -0.2) is 0 Å². The Morgan fingerprint density at radius 3 is 2.67 bits per heavy atom. The summed E-state index contributed by atoms with van der Waals surface area (Å²) in [5.41, 5.74) is 0.177. The molecule has 104 valence electrons. The van der Waals surface area contributed by atoms with Crippen molar-refractivity contribution in [2.75, 3.05) is 6.61 Å². The van der Waals surface area contributed by atoms with E-state index in [9.17, 15) is 9.90 Å². The van der Waals surface area contributed by atoms with Gasteiger partial charge in [0.25, 0.3) is 0 Å². The van der Waals surface area contributed by atoms with Gasteiger partial charge in [0, 0.05) is 0 Å². The topological polar surface area (TPSA) is 46.5 Å². The van der Waals surface area contributed by atoms with Crippen molar-refractivity contribution in [3.63, 3.8) is 0 Å². The summed E-state index contributed by atoms with van der Waals surface area (Å²) < 4.78 is 5.18. The fourth-order valence-electron chi connectivity index (χ4n) is 1.27. The summed E-state index contributed by atoms with van der Waals surface area (Å²) in [6.07, 6.45) is 5.68. The minimum Gasteiger partial charge on any atom is -0.461 e. The highest BCUT2D eigenvalue weighted by Crippen LogP contribution is 2.14. The molecule has 0 aromatic carbocycles. The van der Waals surface area contributed by atoms with Gasteiger partial charge in [0.05, 0.1) is 11.5 Å². The van der Waals surface area contributed by atoms with E-state index in [4.69, 9.17) is 4.74 Å². The minimum absolute atomic E-state index is 0.0423. The molecule has 1 N–H and O–H groups in total. The van der Waals surface area contributed by atoms with Crippen molar-refractivity contribution in [3.05, 3.63) is 24.3 Å². The smallest absolute Gasteiger partial charge is 0.308 e. The van der Waals surface area contributed by atoms with Crippen LogP contribution in [0.5, 0.6) is 0 Å². The maximum absolute atomic E-state index is 11.5. The average Bonchev–Trinajstić information content (AvgIpc) is 2.34. The summed E-state index contributed by atoms with van der Waals surface area (Å²) >= 11 is 0. The summed E-state index contributed by atoms with van der Waals surface area (Å²) in [5, 5.41) is 9.73. The summed E-state index contributed by atoms with van der Waals surface area (Å²) in [4.78, 5) is 11.5. The Balaban J connectivity index is 3.99. The lowest BCUT2D eigenvalue weighted by atomic mass is 10.00. The highest BCUT2D eigenvalue weighted by atomic mass is 16.5. The molecule has 3 heteroatoms. The van der Waals surface area contributed by atoms with Crippen molar-refractivity contribution in [3.8, 4) is 0 Å². The Morgan fingerprint density at radius 1 is 1.56 bits per heavy atom. The standard InChI is InChI=1S/C15H26O3/c1-6-13(4)14(16)18-11-12(3)9-8-10-15(5,17)7-2/h7,9,13,17H,2,6,8,10-11H2,1,3-5H3/b12-9+/t13-,15-/m0/s1. The number of ether oxygens (including phenoxy) is 1. The molecule has 2 atom stereocenters. The SMILES string of the molecule is C=C[C@](C)(O)CC/C=C(\C)COC(=O)[C@@H](C)CC. The Labute approximate surface area is 111 Å². The third kappa shape index (κ3) is 7.28. The Kier molecular flexibility index (Phi) is 7.60. The van der Waals surface area contributed by atoms with Crippen molar-refractivity contribution in [1.82, 2.24) is 0 Å². The molecule has 0 aliphatic carbocycles. The second kappa shape index (κ2) is 8.09. The van der Waals surface area contributed by atoms with Gasteiger partial charge in [-0.15, -0.1) is 6.58 Å². The Hall–Kier alpha value is -1.09. The maximum atomic E-state index is 11.5. The van der Waals surface area contributed by atoms with Gasteiger partial charge in [-0.05, 0) is 38.7 Å². The third-order valence-electron chi connectivity index (χ3n) is 3.04. The fraction of sp³-hybridized carbons (Fsp3) is 0.667. The molecule has 0 aliphatic heterocycles. The quantitative estimate of drug-likeness (QED) is 0.534. The van der Waals surface area contributed by atoms with Gasteiger partial charge in [-0.1, -0.05) is 26.0 Å². The molecule has 0 heterocycles. The van der Waals surface area contributed by atoms with Crippen molar-refractivity contribution in [2.24, 2.45) is 5.92 Å². The van der Waals surface area contributed by atoms with Crippen molar-refractivity contribution in [1.29, 1.82) is 0 Å². The lowest BCUT2D eigenvalue weighted by molar-refractivity contribution is -0.147. The van der Waals surface area contributed by atoms with E-state index in [0.29, 0.717) is 13.0 Å². The largest absolute Gasteiger partial charge is 0.461 e. The van der Waals surface area contributed by atoms with E-state index in [-0.39, 0.29) is 11.9 Å². The number of aliphatic hydroxyl groups is 1. The summed E-state index contributed by atoms with van der Waals surface area (Å²) in [6.45, 7) is 11.4. The Morgan fingerprint density at radius 2 is 2.17 bits per heavy atom. The number of rotatable bonds is 8. The zero-order valence-corrected chi connectivity index (χ0v) is 12.0. The first-order valence-electron chi connectivity index (χ1n) is 6.50. The number of allylic oxidation sites excluding steroid dienone is 1. The van der Waals surface area contributed by atoms with Gasteiger partial charge in [-0.2, -0.15) is 0 Å². The van der Waals surface area contributed by atoms with Crippen LogP contribution in [0.4, 0.5) is 0 Å². The van der Waals surface area contributed by atoms with E-state index in [0.717, 1.165) is 18.4 Å². The molecule has 0 saturated carbocycles. The fourth-order valence-corrected chi connectivity index (χ4v) is 1.27. The van der Waals surface area contributed by atoms with Crippen LogP contribution >= 0.6 is 0 Å². The molecule has 0 aromatic heterocycles. The zero-order valence-electron chi connectivity index (χ0n) is 12.0. The van der Waals surface area contributed by atoms with Gasteiger partial charge >= 0.3 is 5.97 Å². The molecule has 0 fully saturated rings. The van der Waals surface area contributed by atoms with E-state index in [1.165, 1.54) is 0 Å². The van der Waals surface area contributed by atoms with Crippen LogP contribution in [0.25, 0.3) is 0 Å². The normalized spacial score (nSPS) is 16.8. The van der Waals surface area contributed by atoms with Crippen molar-refractivity contribution >= 4 is 5.97 Å². The molecule has 3 nitrogen and oxygen atoms in total. The molecular formula is C15H26O3. The van der Waals surface area contributed by atoms with Gasteiger partial charge in [0.15, 0.2) is 0 Å². The lowest BCUT2D eigenvalue weighted by Gasteiger charge is -2.17. The Bertz CT molecular complexity index is 303. The number of carbonyl (C=O) groups is 1.